The fourth-order valence-corrected chi connectivity index (χ4v) is 7.52. The highest BCUT2D eigenvalue weighted by Gasteiger charge is 2.48. The number of methoxy groups -OCH3 is 1. The van der Waals surface area contributed by atoms with Crippen LogP contribution in [0.15, 0.2) is 47.4 Å². The SMILES string of the molecule is CCCCOCC1OC(c2ccc(OC)c(CC3Cc4ccccc4S3)c2)[C@H](OCCCC)[C@@H](OCCCC)[C@@H]1OCCCC. The Balaban J connectivity index is 1.65. The van der Waals surface area contributed by atoms with Crippen molar-refractivity contribution in [2.45, 2.75) is 133 Å². The van der Waals surface area contributed by atoms with Gasteiger partial charge >= 0.3 is 0 Å². The van der Waals surface area contributed by atoms with E-state index in [2.05, 4.69) is 70.2 Å². The van der Waals surface area contributed by atoms with Gasteiger partial charge in [0.25, 0.3) is 0 Å². The molecule has 2 aliphatic heterocycles. The normalized spacial score (nSPS) is 24.6. The summed E-state index contributed by atoms with van der Waals surface area (Å²) in [5.74, 6) is 0.922. The van der Waals surface area contributed by atoms with Crippen molar-refractivity contribution in [2.24, 2.45) is 0 Å². The molecule has 0 bridgehead atoms. The van der Waals surface area contributed by atoms with E-state index < -0.39 is 0 Å². The molecule has 0 aliphatic carbocycles. The van der Waals surface area contributed by atoms with Gasteiger partial charge in [-0.1, -0.05) is 77.6 Å². The van der Waals surface area contributed by atoms with Gasteiger partial charge in [-0.15, -0.1) is 11.8 Å². The van der Waals surface area contributed by atoms with Crippen LogP contribution in [0.2, 0.25) is 0 Å². The molecular weight excluding hydrogens is 584 g/mol. The smallest absolute Gasteiger partial charge is 0.122 e. The first-order chi connectivity index (χ1) is 22.1. The van der Waals surface area contributed by atoms with Gasteiger partial charge in [0.15, 0.2) is 0 Å². The van der Waals surface area contributed by atoms with Crippen LogP contribution in [0, 0.1) is 0 Å². The van der Waals surface area contributed by atoms with Gasteiger partial charge < -0.3 is 28.4 Å². The Bertz CT molecular complexity index is 1090. The van der Waals surface area contributed by atoms with Gasteiger partial charge in [0.05, 0.1) is 13.7 Å². The van der Waals surface area contributed by atoms with Crippen LogP contribution in [-0.2, 0) is 36.5 Å². The molecule has 0 radical (unpaired) electrons. The van der Waals surface area contributed by atoms with Crippen LogP contribution in [0.5, 0.6) is 5.75 Å². The van der Waals surface area contributed by atoms with Crippen molar-refractivity contribution in [1.82, 2.24) is 0 Å². The number of rotatable bonds is 21. The van der Waals surface area contributed by atoms with Crippen molar-refractivity contribution in [3.63, 3.8) is 0 Å². The van der Waals surface area contributed by atoms with Gasteiger partial charge in [0.1, 0.15) is 36.3 Å². The second-order valence-corrected chi connectivity index (χ2v) is 13.8. The lowest BCUT2D eigenvalue weighted by Crippen LogP contribution is -2.58. The maximum atomic E-state index is 7.02. The van der Waals surface area contributed by atoms with Crippen molar-refractivity contribution < 1.29 is 28.4 Å². The number of ether oxygens (including phenoxy) is 6. The van der Waals surface area contributed by atoms with Crippen molar-refractivity contribution in [1.29, 1.82) is 0 Å². The molecule has 3 unspecified atom stereocenters. The van der Waals surface area contributed by atoms with Crippen LogP contribution in [0.25, 0.3) is 0 Å². The van der Waals surface area contributed by atoms with Crippen LogP contribution < -0.4 is 4.74 Å². The molecule has 2 aliphatic rings. The maximum Gasteiger partial charge on any atom is 0.122 e. The molecule has 2 heterocycles. The zero-order valence-electron chi connectivity index (χ0n) is 28.5. The Kier molecular flexibility index (Phi) is 16.0. The molecule has 252 valence electrons. The van der Waals surface area contributed by atoms with Gasteiger partial charge in [-0.25, -0.2) is 0 Å². The average molecular weight is 643 g/mol. The van der Waals surface area contributed by atoms with E-state index in [9.17, 15) is 0 Å². The largest absolute Gasteiger partial charge is 0.496 e. The Morgan fingerprint density at radius 2 is 1.40 bits per heavy atom. The Morgan fingerprint density at radius 3 is 2.07 bits per heavy atom. The molecule has 2 aromatic rings. The summed E-state index contributed by atoms with van der Waals surface area (Å²) < 4.78 is 39.2. The Hall–Kier alpha value is -1.61. The number of benzene rings is 2. The van der Waals surface area contributed by atoms with E-state index in [0.717, 1.165) is 75.5 Å². The molecule has 1 saturated heterocycles. The molecule has 0 aromatic heterocycles. The third-order valence-electron chi connectivity index (χ3n) is 8.78. The molecule has 0 saturated carbocycles. The number of thioether (sulfide) groups is 1. The quantitative estimate of drug-likeness (QED) is 0.126. The van der Waals surface area contributed by atoms with Crippen LogP contribution in [-0.4, -0.2) is 69.8 Å². The summed E-state index contributed by atoms with van der Waals surface area (Å²) in [5, 5.41) is 0.469. The Morgan fingerprint density at radius 1 is 0.756 bits per heavy atom. The first-order valence-corrected chi connectivity index (χ1v) is 18.5. The molecule has 6 nitrogen and oxygen atoms in total. The lowest BCUT2D eigenvalue weighted by Gasteiger charge is -2.46. The summed E-state index contributed by atoms with van der Waals surface area (Å²) in [6.45, 7) is 12.0. The third-order valence-corrected chi connectivity index (χ3v) is 10.1. The van der Waals surface area contributed by atoms with E-state index in [1.54, 1.807) is 7.11 Å². The van der Waals surface area contributed by atoms with Gasteiger partial charge in [-0.05, 0) is 73.4 Å². The molecular formula is C38H58O6S. The summed E-state index contributed by atoms with van der Waals surface area (Å²) in [4.78, 5) is 1.39. The lowest BCUT2D eigenvalue weighted by atomic mass is 9.89. The minimum absolute atomic E-state index is 0.255. The van der Waals surface area contributed by atoms with E-state index in [0.29, 0.717) is 38.3 Å². The van der Waals surface area contributed by atoms with Crippen molar-refractivity contribution in [2.75, 3.05) is 40.1 Å². The highest BCUT2D eigenvalue weighted by molar-refractivity contribution is 8.00. The number of hydrogen-bond donors (Lipinski definition) is 0. The lowest BCUT2D eigenvalue weighted by molar-refractivity contribution is -0.268. The molecule has 7 heteroatoms. The van der Waals surface area contributed by atoms with Gasteiger partial charge in [-0.2, -0.15) is 0 Å². The predicted molar refractivity (Wildman–Crippen MR) is 184 cm³/mol. The third kappa shape index (κ3) is 10.4. The molecule has 45 heavy (non-hydrogen) atoms. The monoisotopic (exact) mass is 642 g/mol. The molecule has 2 aromatic carbocycles. The van der Waals surface area contributed by atoms with E-state index in [4.69, 9.17) is 28.4 Å². The maximum absolute atomic E-state index is 7.02. The van der Waals surface area contributed by atoms with Crippen LogP contribution in [0.4, 0.5) is 0 Å². The fraction of sp³-hybridized carbons (Fsp3) is 0.684. The summed E-state index contributed by atoms with van der Waals surface area (Å²) in [6.07, 6.45) is 8.94. The second kappa shape index (κ2) is 19.9. The molecule has 4 rings (SSSR count). The summed E-state index contributed by atoms with van der Waals surface area (Å²) in [6, 6.07) is 15.3. The van der Waals surface area contributed by atoms with Crippen molar-refractivity contribution in [3.05, 3.63) is 59.2 Å². The zero-order valence-corrected chi connectivity index (χ0v) is 29.3. The van der Waals surface area contributed by atoms with Crippen LogP contribution >= 0.6 is 11.8 Å². The standard InChI is InChI=1S/C38H58O6S/c1-6-10-20-40-27-33-36(41-21-11-7-2)38(43-23-13-9-4)37(42-22-12-8-3)35(44-33)29-18-19-32(39-5)30(24-29)26-31-25-28-16-14-15-17-34(28)45-31/h14-19,24,31,33,35-38H,6-13,20-23,25-27H2,1-5H3/t31?,33?,35?,36-,37+,38+/m1/s1. The first-order valence-electron chi connectivity index (χ1n) is 17.6. The van der Waals surface area contributed by atoms with E-state index >= 15 is 0 Å². The van der Waals surface area contributed by atoms with E-state index in [1.807, 2.05) is 11.8 Å². The predicted octanol–water partition coefficient (Wildman–Crippen LogP) is 8.77. The molecule has 0 spiro atoms. The number of fused-ring (bicyclic) bond motifs is 1. The molecule has 1 fully saturated rings. The Labute approximate surface area is 277 Å². The molecule has 0 N–H and O–H groups in total. The fourth-order valence-electron chi connectivity index (χ4n) is 6.18. The molecule has 6 atom stereocenters. The highest BCUT2D eigenvalue weighted by Crippen LogP contribution is 2.42. The van der Waals surface area contributed by atoms with Gasteiger partial charge in [-0.3, -0.25) is 0 Å². The number of unbranched alkanes of at least 4 members (excludes halogenated alkanes) is 4. The van der Waals surface area contributed by atoms with Gasteiger partial charge in [0.2, 0.25) is 0 Å². The zero-order chi connectivity index (χ0) is 31.9. The average Bonchev–Trinajstić information content (AvgIpc) is 3.47. The van der Waals surface area contributed by atoms with E-state index in [1.165, 1.54) is 16.0 Å². The number of hydrogen-bond acceptors (Lipinski definition) is 7. The minimum Gasteiger partial charge on any atom is -0.496 e. The van der Waals surface area contributed by atoms with Crippen LogP contribution in [0.3, 0.4) is 0 Å². The topological polar surface area (TPSA) is 55.4 Å². The minimum atomic E-state index is -0.308. The highest BCUT2D eigenvalue weighted by atomic mass is 32.2. The summed E-state index contributed by atoms with van der Waals surface area (Å²) in [7, 11) is 1.77. The van der Waals surface area contributed by atoms with Crippen molar-refractivity contribution in [3.8, 4) is 5.75 Å². The van der Waals surface area contributed by atoms with Crippen molar-refractivity contribution >= 4 is 11.8 Å². The first kappa shape index (κ1) is 36.2. The van der Waals surface area contributed by atoms with Crippen LogP contribution in [0.1, 0.15) is 102 Å². The van der Waals surface area contributed by atoms with Gasteiger partial charge in [0, 0.05) is 36.6 Å². The summed E-state index contributed by atoms with van der Waals surface area (Å²) in [5.41, 5.74) is 3.74. The van der Waals surface area contributed by atoms with E-state index in [-0.39, 0.29) is 30.5 Å². The molecule has 0 amide bonds. The summed E-state index contributed by atoms with van der Waals surface area (Å²) >= 11 is 1.98. The second-order valence-electron chi connectivity index (χ2n) is 12.4.